The maximum atomic E-state index is 12.7. The van der Waals surface area contributed by atoms with Gasteiger partial charge in [0.1, 0.15) is 10.3 Å². The number of hydrogen-bond acceptors (Lipinski definition) is 5. The lowest BCUT2D eigenvalue weighted by atomic mass is 9.91. The molecule has 12 heteroatoms. The van der Waals surface area contributed by atoms with E-state index in [1.54, 1.807) is 0 Å². The Bertz CT molecular complexity index is 972. The van der Waals surface area contributed by atoms with Crippen molar-refractivity contribution in [1.82, 2.24) is 10.0 Å². The molecule has 0 aliphatic carbocycles. The minimum Gasteiger partial charge on any atom is -0.480 e. The van der Waals surface area contributed by atoms with E-state index in [0.29, 0.717) is 36.4 Å². The normalized spacial score (nSPS) is 16.6. The number of thiophene rings is 1. The molecule has 1 atom stereocenters. The Kier molecular flexibility index (Phi) is 7.91. The number of carboxylic acid groups (broad SMARTS) is 1. The molecule has 1 saturated heterocycles. The maximum absolute atomic E-state index is 12.7. The fraction of sp³-hybridized carbons (Fsp3) is 0.389. The van der Waals surface area contributed by atoms with Gasteiger partial charge in [0.15, 0.2) is 0 Å². The molecule has 0 amide bonds. The van der Waals surface area contributed by atoms with Crippen molar-refractivity contribution in [3.8, 4) is 10.4 Å². The van der Waals surface area contributed by atoms with E-state index in [0.717, 1.165) is 23.5 Å². The van der Waals surface area contributed by atoms with Crippen molar-refractivity contribution in [3.63, 3.8) is 0 Å². The first-order valence-electron chi connectivity index (χ1n) is 8.81. The van der Waals surface area contributed by atoms with Gasteiger partial charge in [-0.1, -0.05) is 12.1 Å². The van der Waals surface area contributed by atoms with E-state index in [2.05, 4.69) is 10.0 Å². The van der Waals surface area contributed by atoms with Crippen molar-refractivity contribution < 1.29 is 31.5 Å². The molecule has 0 unspecified atom stereocenters. The second-order valence-corrected chi connectivity index (χ2v) is 9.74. The summed E-state index contributed by atoms with van der Waals surface area (Å²) in [4.78, 5) is 12.1. The third-order valence-electron chi connectivity index (χ3n) is 4.75. The first kappa shape index (κ1) is 24.6. The molecule has 3 N–H and O–H groups in total. The monoisotopic (exact) mass is 484 g/mol. The van der Waals surface area contributed by atoms with E-state index < -0.39 is 33.8 Å². The highest BCUT2D eigenvalue weighted by atomic mass is 35.5. The van der Waals surface area contributed by atoms with Gasteiger partial charge in [-0.05, 0) is 61.7 Å². The second kappa shape index (κ2) is 9.65. The third-order valence-corrected chi connectivity index (χ3v) is 7.81. The van der Waals surface area contributed by atoms with E-state index in [1.807, 2.05) is 0 Å². The van der Waals surface area contributed by atoms with Gasteiger partial charge < -0.3 is 10.4 Å². The number of nitrogens with one attached hydrogen (secondary N) is 2. The second-order valence-electron chi connectivity index (χ2n) is 6.72. The molecule has 2 aromatic rings. The predicted molar refractivity (Wildman–Crippen MR) is 109 cm³/mol. The summed E-state index contributed by atoms with van der Waals surface area (Å²) in [6, 6.07) is 5.97. The Morgan fingerprint density at radius 1 is 1.13 bits per heavy atom. The van der Waals surface area contributed by atoms with Crippen molar-refractivity contribution in [1.29, 1.82) is 0 Å². The van der Waals surface area contributed by atoms with Crippen LogP contribution in [0, 0.1) is 5.92 Å². The van der Waals surface area contributed by atoms with Crippen LogP contribution in [0.5, 0.6) is 0 Å². The molecule has 0 spiro atoms. The van der Waals surface area contributed by atoms with Crippen LogP contribution in [0.4, 0.5) is 13.2 Å². The number of aliphatic carboxylic acids is 1. The van der Waals surface area contributed by atoms with Crippen LogP contribution in [0.1, 0.15) is 18.4 Å². The molecular weight excluding hydrogens is 465 g/mol. The van der Waals surface area contributed by atoms with Crippen LogP contribution in [0.3, 0.4) is 0 Å². The van der Waals surface area contributed by atoms with Gasteiger partial charge in [0.2, 0.25) is 0 Å². The number of rotatable bonds is 6. The fourth-order valence-electron chi connectivity index (χ4n) is 3.19. The van der Waals surface area contributed by atoms with E-state index in [1.165, 1.54) is 24.3 Å². The van der Waals surface area contributed by atoms with Gasteiger partial charge in [0, 0.05) is 4.88 Å². The minimum atomic E-state index is -4.45. The van der Waals surface area contributed by atoms with Crippen molar-refractivity contribution >= 4 is 39.7 Å². The molecule has 2 heterocycles. The zero-order valence-corrected chi connectivity index (χ0v) is 17.9. The Labute approximate surface area is 182 Å². The Morgan fingerprint density at radius 2 is 1.73 bits per heavy atom. The first-order valence-corrected chi connectivity index (χ1v) is 11.1. The van der Waals surface area contributed by atoms with Crippen molar-refractivity contribution in [3.05, 3.63) is 42.0 Å². The highest BCUT2D eigenvalue weighted by Crippen LogP contribution is 2.34. The quantitative estimate of drug-likeness (QED) is 0.582. The number of piperidine rings is 1. The molecule has 3 rings (SSSR count). The SMILES string of the molecule is Cl.O=C(O)[C@H](NS(=O)(=O)c1ccc(-c2ccc(C(F)(F)F)cc2)s1)C1CCNCC1. The fourth-order valence-corrected chi connectivity index (χ4v) is 5.78. The first-order chi connectivity index (χ1) is 13.6. The largest absolute Gasteiger partial charge is 0.480 e. The van der Waals surface area contributed by atoms with Crippen LogP contribution in [-0.2, 0) is 21.0 Å². The Morgan fingerprint density at radius 3 is 2.27 bits per heavy atom. The number of sulfonamides is 1. The molecule has 6 nitrogen and oxygen atoms in total. The zero-order chi connectivity index (χ0) is 21.2. The molecule has 166 valence electrons. The number of hydrogen-bond donors (Lipinski definition) is 3. The standard InChI is InChI=1S/C18H19F3N2O4S2.ClH/c19-18(20,21)13-3-1-11(2-4-13)14-5-6-15(28-14)29(26,27)23-16(17(24)25)12-7-9-22-10-8-12;/h1-6,12,16,22-23H,7-10H2,(H,24,25);1H/t16-;/m1./s1. The van der Waals surface area contributed by atoms with Gasteiger partial charge >= 0.3 is 12.1 Å². The Hall–Kier alpha value is -1.66. The number of alkyl halides is 3. The van der Waals surface area contributed by atoms with E-state index in [4.69, 9.17) is 0 Å². The third kappa shape index (κ3) is 5.73. The molecular formula is C18H20ClF3N2O4S2. The van der Waals surface area contributed by atoms with Gasteiger partial charge in [0.05, 0.1) is 5.56 Å². The van der Waals surface area contributed by atoms with E-state index in [-0.39, 0.29) is 22.5 Å². The van der Waals surface area contributed by atoms with Crippen molar-refractivity contribution in [2.45, 2.75) is 29.3 Å². The number of halogens is 4. The van der Waals surface area contributed by atoms with Crippen LogP contribution >= 0.6 is 23.7 Å². The van der Waals surface area contributed by atoms with Gasteiger partial charge in [-0.2, -0.15) is 17.9 Å². The summed E-state index contributed by atoms with van der Waals surface area (Å²) in [5.74, 6) is -1.56. The van der Waals surface area contributed by atoms with E-state index >= 15 is 0 Å². The minimum absolute atomic E-state index is 0. The van der Waals surface area contributed by atoms with Crippen molar-refractivity contribution in [2.75, 3.05) is 13.1 Å². The van der Waals surface area contributed by atoms with Gasteiger partial charge in [-0.15, -0.1) is 23.7 Å². The molecule has 1 aliphatic heterocycles. The summed E-state index contributed by atoms with van der Waals surface area (Å²) >= 11 is 0.870. The molecule has 30 heavy (non-hydrogen) atoms. The van der Waals surface area contributed by atoms with Crippen LogP contribution < -0.4 is 10.0 Å². The molecule has 1 aliphatic rings. The average Bonchev–Trinajstić information content (AvgIpc) is 3.17. The maximum Gasteiger partial charge on any atom is 0.416 e. The summed E-state index contributed by atoms with van der Waals surface area (Å²) in [5, 5.41) is 12.6. The van der Waals surface area contributed by atoms with Crippen LogP contribution in [-0.4, -0.2) is 38.6 Å². The summed E-state index contributed by atoms with van der Waals surface area (Å²) in [6.07, 6.45) is -3.37. The van der Waals surface area contributed by atoms with Crippen LogP contribution in [0.2, 0.25) is 0 Å². The Balaban J connectivity index is 0.00000320. The molecule has 1 fully saturated rings. The van der Waals surface area contributed by atoms with Gasteiger partial charge in [-0.3, -0.25) is 4.79 Å². The van der Waals surface area contributed by atoms with E-state index in [9.17, 15) is 31.5 Å². The van der Waals surface area contributed by atoms with Crippen LogP contribution in [0.15, 0.2) is 40.6 Å². The summed E-state index contributed by atoms with van der Waals surface area (Å²) in [7, 11) is -4.09. The molecule has 1 aromatic carbocycles. The summed E-state index contributed by atoms with van der Waals surface area (Å²) in [5.41, 5.74) is -0.351. The summed E-state index contributed by atoms with van der Waals surface area (Å²) in [6.45, 7) is 1.24. The predicted octanol–water partition coefficient (Wildman–Crippen LogP) is 3.59. The lowest BCUT2D eigenvalue weighted by molar-refractivity contribution is -0.140. The summed E-state index contributed by atoms with van der Waals surface area (Å²) < 4.78 is 65.6. The highest BCUT2D eigenvalue weighted by molar-refractivity contribution is 7.91. The highest BCUT2D eigenvalue weighted by Gasteiger charge is 2.34. The average molecular weight is 485 g/mol. The van der Waals surface area contributed by atoms with Gasteiger partial charge in [-0.25, -0.2) is 8.42 Å². The topological polar surface area (TPSA) is 95.5 Å². The smallest absolute Gasteiger partial charge is 0.416 e. The van der Waals surface area contributed by atoms with Crippen LogP contribution in [0.25, 0.3) is 10.4 Å². The molecule has 0 radical (unpaired) electrons. The van der Waals surface area contributed by atoms with Gasteiger partial charge in [0.25, 0.3) is 10.0 Å². The molecule has 1 aromatic heterocycles. The lowest BCUT2D eigenvalue weighted by Crippen LogP contribution is -2.48. The molecule has 0 saturated carbocycles. The zero-order valence-electron chi connectivity index (χ0n) is 15.5. The molecule has 0 bridgehead atoms. The number of carbonyl (C=O) groups is 1. The number of carboxylic acids is 1. The van der Waals surface area contributed by atoms with Crippen molar-refractivity contribution in [2.24, 2.45) is 5.92 Å². The number of benzene rings is 1. The lowest BCUT2D eigenvalue weighted by Gasteiger charge is -2.28.